The van der Waals surface area contributed by atoms with Crippen LogP contribution in [0.4, 0.5) is 0 Å². The van der Waals surface area contributed by atoms with Crippen molar-refractivity contribution < 1.29 is 9.21 Å². The molecule has 2 atom stereocenters. The molecule has 11 heavy (non-hydrogen) atoms. The van der Waals surface area contributed by atoms with E-state index in [4.69, 9.17) is 4.42 Å². The summed E-state index contributed by atoms with van der Waals surface area (Å²) in [5.41, 5.74) is 0. The lowest BCUT2D eigenvalue weighted by atomic mass is 10.2. The van der Waals surface area contributed by atoms with E-state index >= 15 is 0 Å². The first-order valence-electron chi connectivity index (χ1n) is 3.83. The van der Waals surface area contributed by atoms with Gasteiger partial charge in [-0.25, -0.2) is 0 Å². The summed E-state index contributed by atoms with van der Waals surface area (Å²) in [5, 5.41) is 0. The monoisotopic (exact) mass is 150 g/mol. The quantitative estimate of drug-likeness (QED) is 0.645. The van der Waals surface area contributed by atoms with E-state index in [2.05, 4.69) is 0 Å². The summed E-state index contributed by atoms with van der Waals surface area (Å²) in [7, 11) is 0. The van der Waals surface area contributed by atoms with Crippen LogP contribution in [0.2, 0.25) is 0 Å². The van der Waals surface area contributed by atoms with E-state index in [-0.39, 0.29) is 11.7 Å². The Morgan fingerprint density at radius 1 is 1.73 bits per heavy atom. The molecule has 1 aliphatic rings. The molecule has 2 heteroatoms. The van der Waals surface area contributed by atoms with Gasteiger partial charge in [0.05, 0.1) is 6.26 Å². The zero-order valence-corrected chi connectivity index (χ0v) is 6.41. The van der Waals surface area contributed by atoms with Crippen LogP contribution in [0.15, 0.2) is 22.8 Å². The van der Waals surface area contributed by atoms with Crippen LogP contribution in [0.3, 0.4) is 0 Å². The van der Waals surface area contributed by atoms with Gasteiger partial charge in [-0.3, -0.25) is 4.79 Å². The normalized spacial score (nSPS) is 28.5. The minimum atomic E-state index is 0.237. The van der Waals surface area contributed by atoms with Gasteiger partial charge in [-0.05, 0) is 25.5 Å². The van der Waals surface area contributed by atoms with Crippen LogP contribution in [0, 0.1) is 5.92 Å². The molecule has 1 saturated carbocycles. The topological polar surface area (TPSA) is 30.2 Å². The number of carbonyl (C=O) groups excluding carboxylic acids is 1. The summed E-state index contributed by atoms with van der Waals surface area (Å²) in [4.78, 5) is 10.9. The first-order valence-corrected chi connectivity index (χ1v) is 3.83. The number of Topliss-reactive ketones (excluding diaryl/α,β-unsaturated/α-hetero) is 1. The van der Waals surface area contributed by atoms with Gasteiger partial charge in [0.2, 0.25) is 0 Å². The van der Waals surface area contributed by atoms with Crippen LogP contribution in [0.1, 0.15) is 25.0 Å². The van der Waals surface area contributed by atoms with Gasteiger partial charge in [0.25, 0.3) is 0 Å². The molecule has 0 saturated heterocycles. The van der Waals surface area contributed by atoms with Gasteiger partial charge < -0.3 is 4.42 Å². The summed E-state index contributed by atoms with van der Waals surface area (Å²) >= 11 is 0. The van der Waals surface area contributed by atoms with Crippen molar-refractivity contribution in [3.8, 4) is 0 Å². The zero-order chi connectivity index (χ0) is 7.84. The molecular formula is C9H10O2. The Bertz CT molecular complexity index is 261. The lowest BCUT2D eigenvalue weighted by Gasteiger charge is -1.89. The number of rotatable bonds is 2. The Morgan fingerprint density at radius 2 is 2.55 bits per heavy atom. The van der Waals surface area contributed by atoms with Crippen molar-refractivity contribution in [1.29, 1.82) is 0 Å². The summed E-state index contributed by atoms with van der Waals surface area (Å²) in [6, 6.07) is 3.80. The molecule has 0 spiro atoms. The molecule has 0 bridgehead atoms. The fourth-order valence-electron chi connectivity index (χ4n) is 1.46. The molecule has 2 unspecified atom stereocenters. The third-order valence-electron chi connectivity index (χ3n) is 2.22. The summed E-state index contributed by atoms with van der Waals surface area (Å²) in [6.45, 7) is 1.65. The fourth-order valence-corrected chi connectivity index (χ4v) is 1.46. The Labute approximate surface area is 65.2 Å². The lowest BCUT2D eigenvalue weighted by molar-refractivity contribution is -0.118. The van der Waals surface area contributed by atoms with E-state index in [9.17, 15) is 4.79 Å². The average Bonchev–Trinajstić information content (AvgIpc) is 2.60. The summed E-state index contributed by atoms with van der Waals surface area (Å²) in [6.07, 6.45) is 2.63. The number of carbonyl (C=O) groups is 1. The van der Waals surface area contributed by atoms with Crippen LogP contribution in [0.5, 0.6) is 0 Å². The molecule has 0 aliphatic heterocycles. The highest BCUT2D eigenvalue weighted by molar-refractivity contribution is 5.82. The van der Waals surface area contributed by atoms with Gasteiger partial charge in [0, 0.05) is 11.8 Å². The molecule has 0 N–H and O–H groups in total. The predicted octanol–water partition coefficient (Wildman–Crippen LogP) is 1.97. The molecular weight excluding hydrogens is 140 g/mol. The van der Waals surface area contributed by atoms with E-state index in [1.54, 1.807) is 13.2 Å². The van der Waals surface area contributed by atoms with Crippen molar-refractivity contribution in [1.82, 2.24) is 0 Å². The van der Waals surface area contributed by atoms with Crippen molar-refractivity contribution in [2.75, 3.05) is 0 Å². The Balaban J connectivity index is 2.08. The molecule has 1 aromatic rings. The maximum Gasteiger partial charge on any atom is 0.133 e. The smallest absolute Gasteiger partial charge is 0.133 e. The SMILES string of the molecule is CC(=O)C1CC1c1ccco1. The number of hydrogen-bond acceptors (Lipinski definition) is 2. The van der Waals surface area contributed by atoms with Gasteiger partial charge in [0.15, 0.2) is 0 Å². The second kappa shape index (κ2) is 2.22. The van der Waals surface area contributed by atoms with Crippen molar-refractivity contribution in [2.24, 2.45) is 5.92 Å². The maximum atomic E-state index is 10.9. The van der Waals surface area contributed by atoms with Gasteiger partial charge in [0.1, 0.15) is 11.5 Å². The average molecular weight is 150 g/mol. The van der Waals surface area contributed by atoms with Crippen LogP contribution in [-0.2, 0) is 4.79 Å². The highest BCUT2D eigenvalue weighted by Crippen LogP contribution is 2.47. The molecule has 58 valence electrons. The molecule has 0 aromatic carbocycles. The van der Waals surface area contributed by atoms with Gasteiger partial charge in [-0.1, -0.05) is 0 Å². The summed E-state index contributed by atoms with van der Waals surface area (Å²) in [5.74, 6) is 1.86. The Kier molecular flexibility index (Phi) is 1.34. The molecule has 1 aliphatic carbocycles. The predicted molar refractivity (Wildman–Crippen MR) is 40.2 cm³/mol. The van der Waals surface area contributed by atoms with Gasteiger partial charge >= 0.3 is 0 Å². The molecule has 0 amide bonds. The number of furan rings is 1. The lowest BCUT2D eigenvalue weighted by Crippen LogP contribution is -1.93. The number of ketones is 1. The first-order chi connectivity index (χ1) is 5.29. The molecule has 1 heterocycles. The molecule has 1 aromatic heterocycles. The van der Waals surface area contributed by atoms with Crippen LogP contribution in [0.25, 0.3) is 0 Å². The van der Waals surface area contributed by atoms with Gasteiger partial charge in [-0.15, -0.1) is 0 Å². The Hall–Kier alpha value is -1.05. The third kappa shape index (κ3) is 1.09. The maximum absolute atomic E-state index is 10.9. The standard InChI is InChI=1S/C9H10O2/c1-6(10)7-5-8(7)9-3-2-4-11-9/h2-4,7-8H,5H2,1H3. The van der Waals surface area contributed by atoms with Crippen LogP contribution >= 0.6 is 0 Å². The minimum absolute atomic E-state index is 0.237. The van der Waals surface area contributed by atoms with E-state index in [1.165, 1.54) is 0 Å². The number of hydrogen-bond donors (Lipinski definition) is 0. The van der Waals surface area contributed by atoms with Crippen LogP contribution in [-0.4, -0.2) is 5.78 Å². The largest absolute Gasteiger partial charge is 0.469 e. The van der Waals surface area contributed by atoms with Gasteiger partial charge in [-0.2, -0.15) is 0 Å². The van der Waals surface area contributed by atoms with E-state index < -0.39 is 0 Å². The molecule has 2 nitrogen and oxygen atoms in total. The van der Waals surface area contributed by atoms with Crippen molar-refractivity contribution in [2.45, 2.75) is 19.3 Å². The third-order valence-corrected chi connectivity index (χ3v) is 2.22. The van der Waals surface area contributed by atoms with Crippen molar-refractivity contribution in [3.63, 3.8) is 0 Å². The highest BCUT2D eigenvalue weighted by Gasteiger charge is 2.43. The second-order valence-corrected chi connectivity index (χ2v) is 3.07. The minimum Gasteiger partial charge on any atom is -0.469 e. The highest BCUT2D eigenvalue weighted by atomic mass is 16.3. The van der Waals surface area contributed by atoms with E-state index in [1.807, 2.05) is 12.1 Å². The van der Waals surface area contributed by atoms with Crippen molar-refractivity contribution >= 4 is 5.78 Å². The Morgan fingerprint density at radius 3 is 3.00 bits per heavy atom. The summed E-state index contributed by atoms with van der Waals surface area (Å²) < 4.78 is 5.19. The molecule has 2 rings (SSSR count). The molecule has 1 fully saturated rings. The van der Waals surface area contributed by atoms with Crippen molar-refractivity contribution in [3.05, 3.63) is 24.2 Å². The fraction of sp³-hybridized carbons (Fsp3) is 0.444. The second-order valence-electron chi connectivity index (χ2n) is 3.07. The molecule has 0 radical (unpaired) electrons. The van der Waals surface area contributed by atoms with E-state index in [0.717, 1.165) is 12.2 Å². The van der Waals surface area contributed by atoms with Crippen LogP contribution < -0.4 is 0 Å². The first kappa shape index (κ1) is 6.65. The van der Waals surface area contributed by atoms with E-state index in [0.29, 0.717) is 5.92 Å². The zero-order valence-electron chi connectivity index (χ0n) is 6.41.